The van der Waals surface area contributed by atoms with E-state index in [1.165, 1.54) is 5.56 Å². The van der Waals surface area contributed by atoms with Gasteiger partial charge in [0.05, 0.1) is 6.07 Å². The van der Waals surface area contributed by atoms with Gasteiger partial charge in [0, 0.05) is 23.4 Å². The summed E-state index contributed by atoms with van der Waals surface area (Å²) < 4.78 is 2.06. The van der Waals surface area contributed by atoms with Gasteiger partial charge >= 0.3 is 0 Å². The van der Waals surface area contributed by atoms with Crippen molar-refractivity contribution >= 4 is 11.8 Å². The summed E-state index contributed by atoms with van der Waals surface area (Å²) in [6, 6.07) is 20.8. The van der Waals surface area contributed by atoms with Crippen LogP contribution in [-0.2, 0) is 5.41 Å². The van der Waals surface area contributed by atoms with Gasteiger partial charge in [0.15, 0.2) is 11.0 Å². The van der Waals surface area contributed by atoms with Crippen molar-refractivity contribution in [1.82, 2.24) is 14.8 Å². The predicted molar refractivity (Wildman–Crippen MR) is 106 cm³/mol. The quantitative estimate of drug-likeness (QED) is 0.460. The average Bonchev–Trinajstić information content (AvgIpc) is 3.06. The molecule has 4 nitrogen and oxygen atoms in total. The van der Waals surface area contributed by atoms with Crippen LogP contribution in [0, 0.1) is 11.3 Å². The Bertz CT molecular complexity index is 900. The van der Waals surface area contributed by atoms with Gasteiger partial charge in [-0.1, -0.05) is 75.0 Å². The summed E-state index contributed by atoms with van der Waals surface area (Å²) in [5, 5.41) is 18.4. The fourth-order valence-electron chi connectivity index (χ4n) is 2.67. The van der Waals surface area contributed by atoms with Crippen molar-refractivity contribution in [2.75, 3.05) is 5.75 Å². The normalized spacial score (nSPS) is 11.3. The van der Waals surface area contributed by atoms with Crippen molar-refractivity contribution in [3.8, 4) is 23.1 Å². The highest BCUT2D eigenvalue weighted by molar-refractivity contribution is 7.99. The highest BCUT2D eigenvalue weighted by atomic mass is 32.2. The molecule has 0 saturated heterocycles. The lowest BCUT2D eigenvalue weighted by Gasteiger charge is -2.19. The molecule has 0 aliphatic heterocycles. The molecule has 0 N–H and O–H groups in total. The lowest BCUT2D eigenvalue weighted by molar-refractivity contribution is 0.590. The van der Waals surface area contributed by atoms with Gasteiger partial charge in [-0.05, 0) is 23.1 Å². The van der Waals surface area contributed by atoms with Gasteiger partial charge < -0.3 is 0 Å². The van der Waals surface area contributed by atoms with Crippen LogP contribution >= 0.6 is 11.8 Å². The maximum absolute atomic E-state index is 8.80. The number of nitrogens with zero attached hydrogens (tertiary/aromatic N) is 4. The first kappa shape index (κ1) is 18.2. The van der Waals surface area contributed by atoms with Crippen molar-refractivity contribution in [2.24, 2.45) is 0 Å². The van der Waals surface area contributed by atoms with E-state index in [0.717, 1.165) is 22.2 Å². The van der Waals surface area contributed by atoms with E-state index < -0.39 is 0 Å². The van der Waals surface area contributed by atoms with E-state index in [0.29, 0.717) is 12.2 Å². The summed E-state index contributed by atoms with van der Waals surface area (Å²) in [5.74, 6) is 1.51. The molecule has 5 heteroatoms. The van der Waals surface area contributed by atoms with E-state index in [9.17, 15) is 0 Å². The molecule has 3 aromatic rings. The average molecular weight is 363 g/mol. The molecular formula is C21H22N4S. The lowest BCUT2D eigenvalue weighted by Crippen LogP contribution is -2.10. The third-order valence-electron chi connectivity index (χ3n) is 4.10. The second kappa shape index (κ2) is 7.76. The minimum Gasteiger partial charge on any atom is -0.270 e. The standard InChI is InChI=1S/C21H22N4S/c1-21(2,3)17-12-10-16(11-13-17)19-23-24-20(26-15-7-14-22)25(19)18-8-5-4-6-9-18/h4-6,8-13H,7,15H2,1-3H3. The summed E-state index contributed by atoms with van der Waals surface area (Å²) in [6.45, 7) is 6.62. The van der Waals surface area contributed by atoms with E-state index >= 15 is 0 Å². The van der Waals surface area contributed by atoms with Crippen LogP contribution in [0.4, 0.5) is 0 Å². The Labute approximate surface area is 158 Å². The molecule has 0 radical (unpaired) electrons. The maximum Gasteiger partial charge on any atom is 0.196 e. The molecule has 3 rings (SSSR count). The molecule has 0 unspecified atom stereocenters. The van der Waals surface area contributed by atoms with Crippen molar-refractivity contribution in [2.45, 2.75) is 37.8 Å². The third-order valence-corrected chi connectivity index (χ3v) is 5.03. The van der Waals surface area contributed by atoms with Crippen LogP contribution in [0.3, 0.4) is 0 Å². The maximum atomic E-state index is 8.80. The monoisotopic (exact) mass is 362 g/mol. The summed E-state index contributed by atoms with van der Waals surface area (Å²) >= 11 is 1.56. The Morgan fingerprint density at radius 3 is 2.31 bits per heavy atom. The first-order chi connectivity index (χ1) is 12.5. The van der Waals surface area contributed by atoms with Crippen molar-refractivity contribution in [3.05, 3.63) is 60.2 Å². The van der Waals surface area contributed by atoms with Crippen LogP contribution in [0.25, 0.3) is 17.1 Å². The summed E-state index contributed by atoms with van der Waals surface area (Å²) in [7, 11) is 0. The second-order valence-corrected chi connectivity index (χ2v) is 8.12. The number of para-hydroxylation sites is 1. The Morgan fingerprint density at radius 2 is 1.69 bits per heavy atom. The van der Waals surface area contributed by atoms with Gasteiger partial charge in [0.1, 0.15) is 0 Å². The van der Waals surface area contributed by atoms with Crippen LogP contribution in [0.5, 0.6) is 0 Å². The second-order valence-electron chi connectivity index (χ2n) is 7.06. The van der Waals surface area contributed by atoms with Crippen LogP contribution in [0.15, 0.2) is 59.8 Å². The van der Waals surface area contributed by atoms with Crippen molar-refractivity contribution in [1.29, 1.82) is 5.26 Å². The number of hydrogen-bond acceptors (Lipinski definition) is 4. The number of thioether (sulfide) groups is 1. The van der Waals surface area contributed by atoms with Crippen LogP contribution in [-0.4, -0.2) is 20.5 Å². The zero-order chi connectivity index (χ0) is 18.6. The molecular weight excluding hydrogens is 340 g/mol. The summed E-state index contributed by atoms with van der Waals surface area (Å²) in [6.07, 6.45) is 0.488. The summed E-state index contributed by atoms with van der Waals surface area (Å²) in [4.78, 5) is 0. The van der Waals surface area contributed by atoms with E-state index in [4.69, 9.17) is 5.26 Å². The lowest BCUT2D eigenvalue weighted by atomic mass is 9.87. The number of benzene rings is 2. The molecule has 132 valence electrons. The Balaban J connectivity index is 2.03. The van der Waals surface area contributed by atoms with Crippen LogP contribution in [0.1, 0.15) is 32.8 Å². The number of rotatable bonds is 5. The molecule has 0 saturated carbocycles. The fraction of sp³-hybridized carbons (Fsp3) is 0.286. The predicted octanol–water partition coefficient (Wildman–Crippen LogP) is 5.24. The molecule has 0 amide bonds. The van der Waals surface area contributed by atoms with Gasteiger partial charge in [-0.3, -0.25) is 4.57 Å². The fourth-order valence-corrected chi connectivity index (χ4v) is 3.46. The minimum atomic E-state index is 0.115. The summed E-state index contributed by atoms with van der Waals surface area (Å²) in [5.41, 5.74) is 3.45. The van der Waals surface area contributed by atoms with Gasteiger partial charge in [0.25, 0.3) is 0 Å². The number of hydrogen-bond donors (Lipinski definition) is 0. The topological polar surface area (TPSA) is 54.5 Å². The Hall–Kier alpha value is -2.58. The highest BCUT2D eigenvalue weighted by Gasteiger charge is 2.18. The molecule has 0 spiro atoms. The molecule has 1 heterocycles. The highest BCUT2D eigenvalue weighted by Crippen LogP contribution is 2.30. The van der Waals surface area contributed by atoms with E-state index in [1.807, 2.05) is 30.3 Å². The molecule has 0 fully saturated rings. The molecule has 0 atom stereocenters. The molecule has 0 aliphatic carbocycles. The minimum absolute atomic E-state index is 0.115. The smallest absolute Gasteiger partial charge is 0.196 e. The van der Waals surface area contributed by atoms with Gasteiger partial charge in [-0.25, -0.2) is 0 Å². The number of aromatic nitrogens is 3. The van der Waals surface area contributed by atoms with Crippen molar-refractivity contribution < 1.29 is 0 Å². The van der Waals surface area contributed by atoms with E-state index in [-0.39, 0.29) is 5.41 Å². The number of nitriles is 1. The molecule has 1 aromatic heterocycles. The SMILES string of the molecule is CC(C)(C)c1ccc(-c2nnc(SCCC#N)n2-c2ccccc2)cc1. The molecule has 0 aliphatic rings. The zero-order valence-corrected chi connectivity index (χ0v) is 16.1. The Kier molecular flexibility index (Phi) is 5.43. The first-order valence-corrected chi connectivity index (χ1v) is 9.61. The third kappa shape index (κ3) is 3.97. The van der Waals surface area contributed by atoms with Crippen LogP contribution < -0.4 is 0 Å². The van der Waals surface area contributed by atoms with E-state index in [2.05, 4.69) is 65.9 Å². The zero-order valence-electron chi connectivity index (χ0n) is 15.3. The van der Waals surface area contributed by atoms with Gasteiger partial charge in [-0.15, -0.1) is 10.2 Å². The van der Waals surface area contributed by atoms with Gasteiger partial charge in [-0.2, -0.15) is 5.26 Å². The molecule has 2 aromatic carbocycles. The Morgan fingerprint density at radius 1 is 1.00 bits per heavy atom. The van der Waals surface area contributed by atoms with Crippen molar-refractivity contribution in [3.63, 3.8) is 0 Å². The van der Waals surface area contributed by atoms with Crippen LogP contribution in [0.2, 0.25) is 0 Å². The largest absolute Gasteiger partial charge is 0.270 e. The van der Waals surface area contributed by atoms with E-state index in [1.54, 1.807) is 11.8 Å². The molecule has 0 bridgehead atoms. The molecule has 26 heavy (non-hydrogen) atoms. The van der Waals surface area contributed by atoms with Gasteiger partial charge in [0.2, 0.25) is 0 Å². The first-order valence-electron chi connectivity index (χ1n) is 8.62.